The third-order valence-corrected chi connectivity index (χ3v) is 2.61. The highest BCUT2D eigenvalue weighted by Crippen LogP contribution is 1.96. The molecule has 0 aliphatic rings. The summed E-state index contributed by atoms with van der Waals surface area (Å²) in [5.41, 5.74) is 0. The highest BCUT2D eigenvalue weighted by molar-refractivity contribution is 6.17. The first kappa shape index (κ1) is 15.2. The molecule has 0 saturated heterocycles. The molecule has 0 aliphatic carbocycles. The Labute approximate surface area is 102 Å². The lowest BCUT2D eigenvalue weighted by molar-refractivity contribution is -0.132. The van der Waals surface area contributed by atoms with Crippen LogP contribution in [0.2, 0.25) is 0 Å². The van der Waals surface area contributed by atoms with Crippen molar-refractivity contribution in [3.8, 4) is 0 Å². The molecule has 16 heavy (non-hydrogen) atoms. The van der Waals surface area contributed by atoms with Gasteiger partial charge in [-0.2, -0.15) is 0 Å². The van der Waals surface area contributed by atoms with Crippen LogP contribution in [0, 0.1) is 0 Å². The van der Waals surface area contributed by atoms with Crippen molar-refractivity contribution in [1.82, 2.24) is 10.2 Å². The predicted molar refractivity (Wildman–Crippen MR) is 65.5 cm³/mol. The molecule has 0 unspecified atom stereocenters. The highest BCUT2D eigenvalue weighted by atomic mass is 35.5. The molecule has 0 aromatic heterocycles. The number of unbranched alkanes of at least 4 members (excludes halogenated alkanes) is 1. The van der Waals surface area contributed by atoms with Crippen molar-refractivity contribution in [3.63, 3.8) is 0 Å². The number of carbonyl (C=O) groups excluding carboxylic acids is 2. The lowest BCUT2D eigenvalue weighted by atomic mass is 10.2. The van der Waals surface area contributed by atoms with Crippen molar-refractivity contribution in [2.45, 2.75) is 33.1 Å². The van der Waals surface area contributed by atoms with Crippen LogP contribution in [-0.2, 0) is 9.59 Å². The molecule has 0 spiro atoms. The van der Waals surface area contributed by atoms with Crippen molar-refractivity contribution >= 4 is 23.4 Å². The number of nitrogens with one attached hydrogen (secondary N) is 1. The van der Waals surface area contributed by atoms with Crippen LogP contribution in [0.25, 0.3) is 0 Å². The van der Waals surface area contributed by atoms with Crippen LogP contribution in [0.4, 0.5) is 0 Å². The van der Waals surface area contributed by atoms with Gasteiger partial charge in [-0.15, -0.1) is 11.6 Å². The van der Waals surface area contributed by atoms with E-state index >= 15 is 0 Å². The monoisotopic (exact) mass is 248 g/mol. The third-order valence-electron chi connectivity index (χ3n) is 2.34. The second-order valence-electron chi connectivity index (χ2n) is 3.49. The van der Waals surface area contributed by atoms with Crippen LogP contribution in [0.5, 0.6) is 0 Å². The summed E-state index contributed by atoms with van der Waals surface area (Å²) in [6.07, 6.45) is 2.05. The summed E-state index contributed by atoms with van der Waals surface area (Å²) in [6.45, 7) is 5.30. The van der Waals surface area contributed by atoms with Crippen LogP contribution < -0.4 is 5.32 Å². The van der Waals surface area contributed by atoms with Crippen molar-refractivity contribution in [2.75, 3.05) is 25.5 Å². The average molecular weight is 249 g/mol. The Kier molecular flexibility index (Phi) is 9.00. The summed E-state index contributed by atoms with van der Waals surface area (Å²) >= 11 is 5.50. The number of hydrogen-bond donors (Lipinski definition) is 1. The van der Waals surface area contributed by atoms with Gasteiger partial charge in [0.05, 0.1) is 6.54 Å². The zero-order valence-electron chi connectivity index (χ0n) is 10.1. The Morgan fingerprint density at radius 3 is 2.31 bits per heavy atom. The van der Waals surface area contributed by atoms with Crippen molar-refractivity contribution in [3.05, 3.63) is 0 Å². The molecule has 0 aromatic rings. The molecule has 0 aromatic carbocycles. The van der Waals surface area contributed by atoms with Gasteiger partial charge in [-0.3, -0.25) is 9.59 Å². The van der Waals surface area contributed by atoms with Gasteiger partial charge < -0.3 is 10.2 Å². The maximum absolute atomic E-state index is 11.5. The van der Waals surface area contributed by atoms with Gasteiger partial charge in [0.15, 0.2) is 0 Å². The molecular weight excluding hydrogens is 228 g/mol. The number of carbonyl (C=O) groups is 2. The molecule has 5 heteroatoms. The fourth-order valence-corrected chi connectivity index (χ4v) is 1.52. The van der Waals surface area contributed by atoms with E-state index in [0.29, 0.717) is 25.4 Å². The molecular formula is C11H21ClN2O2. The summed E-state index contributed by atoms with van der Waals surface area (Å²) in [7, 11) is 0. The van der Waals surface area contributed by atoms with Gasteiger partial charge >= 0.3 is 0 Å². The number of alkyl halides is 1. The van der Waals surface area contributed by atoms with Gasteiger partial charge in [0.1, 0.15) is 0 Å². The molecule has 0 heterocycles. The second kappa shape index (κ2) is 9.46. The standard InChI is InChI=1S/C11H21ClN2O2/c1-3-14(4-2)11(16)9-13-10(15)7-5-6-8-12/h3-9H2,1-2H3,(H,13,15). The highest BCUT2D eigenvalue weighted by Gasteiger charge is 2.10. The summed E-state index contributed by atoms with van der Waals surface area (Å²) < 4.78 is 0. The minimum Gasteiger partial charge on any atom is -0.347 e. The summed E-state index contributed by atoms with van der Waals surface area (Å²) in [6, 6.07) is 0. The lowest BCUT2D eigenvalue weighted by Gasteiger charge is -2.18. The second-order valence-corrected chi connectivity index (χ2v) is 3.87. The quantitative estimate of drug-likeness (QED) is 0.521. The van der Waals surface area contributed by atoms with Crippen LogP contribution >= 0.6 is 11.6 Å². The molecule has 0 bridgehead atoms. The first-order valence-electron chi connectivity index (χ1n) is 5.76. The van der Waals surface area contributed by atoms with Crippen LogP contribution in [0.3, 0.4) is 0 Å². The summed E-state index contributed by atoms with van der Waals surface area (Å²) in [5, 5.41) is 2.62. The number of rotatable bonds is 8. The van der Waals surface area contributed by atoms with E-state index in [1.54, 1.807) is 4.90 Å². The number of likely N-dealkylation sites (N-methyl/N-ethyl adjacent to an activating group) is 1. The van der Waals surface area contributed by atoms with Gasteiger partial charge in [-0.05, 0) is 26.7 Å². The van der Waals surface area contributed by atoms with E-state index in [1.807, 2.05) is 13.8 Å². The van der Waals surface area contributed by atoms with E-state index in [2.05, 4.69) is 5.32 Å². The molecule has 0 saturated carbocycles. The number of halogens is 1. The number of hydrogen-bond acceptors (Lipinski definition) is 2. The summed E-state index contributed by atoms with van der Waals surface area (Å²) in [4.78, 5) is 24.5. The molecule has 2 amide bonds. The van der Waals surface area contributed by atoms with Gasteiger partial charge in [0.2, 0.25) is 11.8 Å². The molecule has 94 valence electrons. The molecule has 0 rings (SSSR count). The smallest absolute Gasteiger partial charge is 0.241 e. The third kappa shape index (κ3) is 6.67. The van der Waals surface area contributed by atoms with E-state index in [-0.39, 0.29) is 18.4 Å². The van der Waals surface area contributed by atoms with Crippen LogP contribution in [-0.4, -0.2) is 42.2 Å². The summed E-state index contributed by atoms with van der Waals surface area (Å²) in [5.74, 6) is 0.465. The fraction of sp³-hybridized carbons (Fsp3) is 0.818. The van der Waals surface area contributed by atoms with E-state index in [0.717, 1.165) is 12.8 Å². The minimum atomic E-state index is -0.0781. The van der Waals surface area contributed by atoms with Crippen molar-refractivity contribution < 1.29 is 9.59 Å². The first-order valence-corrected chi connectivity index (χ1v) is 6.29. The Morgan fingerprint density at radius 1 is 1.19 bits per heavy atom. The lowest BCUT2D eigenvalue weighted by Crippen LogP contribution is -2.39. The maximum Gasteiger partial charge on any atom is 0.241 e. The van der Waals surface area contributed by atoms with Crippen LogP contribution in [0.1, 0.15) is 33.1 Å². The van der Waals surface area contributed by atoms with Crippen LogP contribution in [0.15, 0.2) is 0 Å². The van der Waals surface area contributed by atoms with E-state index in [4.69, 9.17) is 11.6 Å². The van der Waals surface area contributed by atoms with E-state index in [9.17, 15) is 9.59 Å². The largest absolute Gasteiger partial charge is 0.347 e. The number of amides is 2. The maximum atomic E-state index is 11.5. The SMILES string of the molecule is CCN(CC)C(=O)CNC(=O)CCCCCl. The van der Waals surface area contributed by atoms with Gasteiger partial charge in [-0.1, -0.05) is 0 Å². The Morgan fingerprint density at radius 2 is 1.81 bits per heavy atom. The van der Waals surface area contributed by atoms with Crippen molar-refractivity contribution in [1.29, 1.82) is 0 Å². The van der Waals surface area contributed by atoms with Gasteiger partial charge in [-0.25, -0.2) is 0 Å². The van der Waals surface area contributed by atoms with Gasteiger partial charge in [0, 0.05) is 25.4 Å². The Bertz CT molecular complexity index is 218. The average Bonchev–Trinajstić information content (AvgIpc) is 2.28. The molecule has 4 nitrogen and oxygen atoms in total. The number of nitrogens with zero attached hydrogens (tertiary/aromatic N) is 1. The normalized spacial score (nSPS) is 9.94. The molecule has 0 atom stereocenters. The molecule has 0 aliphatic heterocycles. The van der Waals surface area contributed by atoms with Crippen molar-refractivity contribution in [2.24, 2.45) is 0 Å². The molecule has 0 fully saturated rings. The Hall–Kier alpha value is -0.770. The zero-order valence-corrected chi connectivity index (χ0v) is 10.8. The zero-order chi connectivity index (χ0) is 12.4. The minimum absolute atomic E-state index is 0.0318. The fourth-order valence-electron chi connectivity index (χ4n) is 1.33. The van der Waals surface area contributed by atoms with E-state index in [1.165, 1.54) is 0 Å². The van der Waals surface area contributed by atoms with E-state index < -0.39 is 0 Å². The topological polar surface area (TPSA) is 49.4 Å². The predicted octanol–water partition coefficient (Wildman–Crippen LogP) is 1.38. The van der Waals surface area contributed by atoms with Gasteiger partial charge in [0.25, 0.3) is 0 Å². The Balaban J connectivity index is 3.70. The molecule has 1 N–H and O–H groups in total. The molecule has 0 radical (unpaired) electrons. The first-order chi connectivity index (χ1) is 7.65.